The number of hydrogen-bond donors (Lipinski definition) is 0. The molecule has 1 heterocycles. The van der Waals surface area contributed by atoms with Crippen LogP contribution in [0.1, 0.15) is 35.4 Å². The van der Waals surface area contributed by atoms with E-state index in [1.807, 2.05) is 12.1 Å². The first-order valence-electron chi connectivity index (χ1n) is 5.62. The SMILES string of the molecule is O=C(COCC1CCCC1)c1ccc(Br)s1. The molecular weight excluding hydrogens is 288 g/mol. The number of hydrogen-bond acceptors (Lipinski definition) is 3. The molecule has 0 atom stereocenters. The number of halogens is 1. The maximum Gasteiger partial charge on any atom is 0.198 e. The molecule has 1 aromatic heterocycles. The summed E-state index contributed by atoms with van der Waals surface area (Å²) in [5, 5.41) is 0. The van der Waals surface area contributed by atoms with Crippen molar-refractivity contribution >= 4 is 33.0 Å². The Morgan fingerprint density at radius 1 is 1.44 bits per heavy atom. The Balaban J connectivity index is 1.71. The number of carbonyl (C=O) groups excluding carboxylic acids is 1. The minimum atomic E-state index is 0.0914. The number of ketones is 1. The molecule has 1 fully saturated rings. The minimum absolute atomic E-state index is 0.0914. The number of rotatable bonds is 5. The van der Waals surface area contributed by atoms with E-state index in [4.69, 9.17) is 4.74 Å². The third-order valence-electron chi connectivity index (χ3n) is 2.91. The zero-order valence-electron chi connectivity index (χ0n) is 9.08. The molecule has 0 amide bonds. The average Bonchev–Trinajstić information content (AvgIpc) is 2.89. The van der Waals surface area contributed by atoms with Crippen molar-refractivity contribution in [2.45, 2.75) is 25.7 Å². The molecule has 0 saturated heterocycles. The second-order valence-corrected chi connectivity index (χ2v) is 6.66. The van der Waals surface area contributed by atoms with Gasteiger partial charge in [0, 0.05) is 0 Å². The maximum atomic E-state index is 11.7. The molecular formula is C12H15BrO2S. The lowest BCUT2D eigenvalue weighted by Gasteiger charge is -2.08. The van der Waals surface area contributed by atoms with Gasteiger partial charge in [0.2, 0.25) is 0 Å². The van der Waals surface area contributed by atoms with Crippen molar-refractivity contribution in [2.24, 2.45) is 5.92 Å². The van der Waals surface area contributed by atoms with Crippen molar-refractivity contribution < 1.29 is 9.53 Å². The van der Waals surface area contributed by atoms with Crippen LogP contribution in [0, 0.1) is 5.92 Å². The van der Waals surface area contributed by atoms with Crippen LogP contribution in [0.15, 0.2) is 15.9 Å². The van der Waals surface area contributed by atoms with Crippen LogP contribution in [0.3, 0.4) is 0 Å². The molecule has 4 heteroatoms. The standard InChI is InChI=1S/C12H15BrO2S/c13-12-6-5-11(16-12)10(14)8-15-7-9-3-1-2-4-9/h5-6,9H,1-4,7-8H2. The fourth-order valence-electron chi connectivity index (χ4n) is 2.03. The van der Waals surface area contributed by atoms with Gasteiger partial charge in [0.15, 0.2) is 5.78 Å². The van der Waals surface area contributed by atoms with Crippen molar-refractivity contribution in [3.05, 3.63) is 20.8 Å². The van der Waals surface area contributed by atoms with Crippen molar-refractivity contribution in [3.63, 3.8) is 0 Å². The number of carbonyl (C=O) groups is 1. The molecule has 88 valence electrons. The van der Waals surface area contributed by atoms with Crippen molar-refractivity contribution in [3.8, 4) is 0 Å². The van der Waals surface area contributed by atoms with Gasteiger partial charge in [-0.3, -0.25) is 4.79 Å². The molecule has 16 heavy (non-hydrogen) atoms. The second kappa shape index (κ2) is 5.94. The van der Waals surface area contributed by atoms with Crippen LogP contribution < -0.4 is 0 Å². The van der Waals surface area contributed by atoms with E-state index in [1.54, 1.807) is 0 Å². The maximum absolute atomic E-state index is 11.7. The van der Waals surface area contributed by atoms with Crippen LogP contribution in [0.4, 0.5) is 0 Å². The zero-order valence-corrected chi connectivity index (χ0v) is 11.5. The number of thiophene rings is 1. The lowest BCUT2D eigenvalue weighted by atomic mass is 10.1. The van der Waals surface area contributed by atoms with Gasteiger partial charge >= 0.3 is 0 Å². The predicted molar refractivity (Wildman–Crippen MR) is 69.1 cm³/mol. The predicted octanol–water partition coefficient (Wildman–Crippen LogP) is 3.90. The fourth-order valence-corrected chi connectivity index (χ4v) is 3.34. The summed E-state index contributed by atoms with van der Waals surface area (Å²) in [5.74, 6) is 0.775. The van der Waals surface area contributed by atoms with Gasteiger partial charge in [-0.15, -0.1) is 11.3 Å². The first kappa shape index (κ1) is 12.3. The van der Waals surface area contributed by atoms with Crippen LogP contribution in [0.5, 0.6) is 0 Å². The Kier molecular flexibility index (Phi) is 4.55. The highest BCUT2D eigenvalue weighted by molar-refractivity contribution is 9.11. The first-order chi connectivity index (χ1) is 7.75. The topological polar surface area (TPSA) is 26.3 Å². The Labute approximate surface area is 108 Å². The summed E-state index contributed by atoms with van der Waals surface area (Å²) in [6.07, 6.45) is 5.16. The number of ether oxygens (including phenoxy) is 1. The summed E-state index contributed by atoms with van der Waals surface area (Å²) >= 11 is 4.81. The molecule has 0 unspecified atom stereocenters. The van der Waals surface area contributed by atoms with Crippen molar-refractivity contribution in [1.29, 1.82) is 0 Å². The zero-order chi connectivity index (χ0) is 11.4. The van der Waals surface area contributed by atoms with E-state index in [2.05, 4.69) is 15.9 Å². The Hall–Kier alpha value is -0.190. The highest BCUT2D eigenvalue weighted by Crippen LogP contribution is 2.25. The Morgan fingerprint density at radius 3 is 2.81 bits per heavy atom. The summed E-state index contributed by atoms with van der Waals surface area (Å²) in [5.41, 5.74) is 0. The lowest BCUT2D eigenvalue weighted by molar-refractivity contribution is 0.0685. The number of Topliss-reactive ketones (excluding diaryl/α,β-unsaturated/α-hetero) is 1. The summed E-state index contributed by atoms with van der Waals surface area (Å²) in [6.45, 7) is 0.974. The normalized spacial score (nSPS) is 16.8. The van der Waals surface area contributed by atoms with Gasteiger partial charge in [-0.2, -0.15) is 0 Å². The van der Waals surface area contributed by atoms with Crippen LogP contribution in [0.2, 0.25) is 0 Å². The third-order valence-corrected chi connectivity index (χ3v) is 4.57. The van der Waals surface area contributed by atoms with E-state index in [0.717, 1.165) is 15.3 Å². The molecule has 0 N–H and O–H groups in total. The average molecular weight is 303 g/mol. The van der Waals surface area contributed by atoms with Crippen molar-refractivity contribution in [2.75, 3.05) is 13.2 Å². The van der Waals surface area contributed by atoms with Crippen LogP contribution >= 0.6 is 27.3 Å². The molecule has 1 aromatic rings. The van der Waals surface area contributed by atoms with Gasteiger partial charge in [0.1, 0.15) is 6.61 Å². The van der Waals surface area contributed by atoms with Crippen LogP contribution in [0.25, 0.3) is 0 Å². The van der Waals surface area contributed by atoms with Gasteiger partial charge in [0.25, 0.3) is 0 Å². The van der Waals surface area contributed by atoms with Crippen LogP contribution in [-0.2, 0) is 4.74 Å². The summed E-state index contributed by atoms with van der Waals surface area (Å²) < 4.78 is 6.48. The monoisotopic (exact) mass is 302 g/mol. The fraction of sp³-hybridized carbons (Fsp3) is 0.583. The van der Waals surface area contributed by atoms with Crippen molar-refractivity contribution in [1.82, 2.24) is 0 Å². The minimum Gasteiger partial charge on any atom is -0.373 e. The largest absolute Gasteiger partial charge is 0.373 e. The molecule has 0 bridgehead atoms. The molecule has 0 spiro atoms. The smallest absolute Gasteiger partial charge is 0.198 e. The van der Waals surface area contributed by atoms with E-state index < -0.39 is 0 Å². The summed E-state index contributed by atoms with van der Waals surface area (Å²) in [6, 6.07) is 3.74. The van der Waals surface area contributed by atoms with E-state index >= 15 is 0 Å². The molecule has 1 aliphatic rings. The highest BCUT2D eigenvalue weighted by atomic mass is 79.9. The van der Waals surface area contributed by atoms with E-state index in [0.29, 0.717) is 5.92 Å². The van der Waals surface area contributed by atoms with Gasteiger partial charge in [0.05, 0.1) is 15.3 Å². The van der Waals surface area contributed by atoms with Gasteiger partial charge in [-0.1, -0.05) is 12.8 Å². The van der Waals surface area contributed by atoms with Gasteiger partial charge in [-0.25, -0.2) is 0 Å². The third kappa shape index (κ3) is 3.40. The molecule has 2 rings (SSSR count). The molecule has 0 aliphatic heterocycles. The highest BCUT2D eigenvalue weighted by Gasteiger charge is 2.16. The summed E-state index contributed by atoms with van der Waals surface area (Å²) in [7, 11) is 0. The second-order valence-electron chi connectivity index (χ2n) is 4.19. The molecule has 1 aliphatic carbocycles. The lowest BCUT2D eigenvalue weighted by Crippen LogP contribution is -2.12. The van der Waals surface area contributed by atoms with Gasteiger partial charge < -0.3 is 4.74 Å². The molecule has 2 nitrogen and oxygen atoms in total. The molecule has 0 aromatic carbocycles. The Morgan fingerprint density at radius 2 is 2.19 bits per heavy atom. The van der Waals surface area contributed by atoms with E-state index in [-0.39, 0.29) is 12.4 Å². The molecule has 1 saturated carbocycles. The Bertz CT molecular complexity index is 356. The van der Waals surface area contributed by atoms with E-state index in [9.17, 15) is 4.79 Å². The summed E-state index contributed by atoms with van der Waals surface area (Å²) in [4.78, 5) is 12.5. The van der Waals surface area contributed by atoms with Gasteiger partial charge in [-0.05, 0) is 46.8 Å². The molecule has 0 radical (unpaired) electrons. The van der Waals surface area contributed by atoms with Crippen LogP contribution in [-0.4, -0.2) is 19.0 Å². The quantitative estimate of drug-likeness (QED) is 0.771. The van der Waals surface area contributed by atoms with E-state index in [1.165, 1.54) is 37.0 Å². The first-order valence-corrected chi connectivity index (χ1v) is 7.23.